The van der Waals surface area contributed by atoms with Crippen molar-refractivity contribution in [3.63, 3.8) is 0 Å². The molecular weight excluding hydrogens is 372 g/mol. The fourth-order valence-corrected chi connectivity index (χ4v) is 5.94. The monoisotopic (exact) mass is 406 g/mol. The van der Waals surface area contributed by atoms with Gasteiger partial charge in [-0.25, -0.2) is 0 Å². The van der Waals surface area contributed by atoms with Gasteiger partial charge in [0.15, 0.2) is 11.5 Å². The van der Waals surface area contributed by atoms with Gasteiger partial charge in [0.1, 0.15) is 0 Å². The molecule has 3 atom stereocenters. The van der Waals surface area contributed by atoms with Gasteiger partial charge in [-0.1, -0.05) is 24.3 Å². The molecule has 0 spiro atoms. The topological polar surface area (TPSA) is 33.7 Å². The lowest BCUT2D eigenvalue weighted by Crippen LogP contribution is -2.42. The number of hydrogen-bond acceptors (Lipinski definition) is 4. The zero-order valence-electron chi connectivity index (χ0n) is 18.3. The van der Waals surface area contributed by atoms with Gasteiger partial charge in [-0.15, -0.1) is 0 Å². The molecule has 0 amide bonds. The second-order valence-corrected chi connectivity index (χ2v) is 9.14. The van der Waals surface area contributed by atoms with Crippen molar-refractivity contribution in [3.05, 3.63) is 58.7 Å². The summed E-state index contributed by atoms with van der Waals surface area (Å²) in [4.78, 5) is 2.76. The highest BCUT2D eigenvalue weighted by Crippen LogP contribution is 2.41. The van der Waals surface area contributed by atoms with Crippen LogP contribution in [-0.4, -0.2) is 38.8 Å². The number of nitrogens with one attached hydrogen (secondary N) is 1. The fourth-order valence-electron chi connectivity index (χ4n) is 5.94. The van der Waals surface area contributed by atoms with E-state index in [1.165, 1.54) is 56.3 Å². The maximum atomic E-state index is 5.57. The molecule has 5 rings (SSSR count). The van der Waals surface area contributed by atoms with E-state index >= 15 is 0 Å². The van der Waals surface area contributed by atoms with Crippen molar-refractivity contribution in [1.82, 2.24) is 10.2 Å². The Kier molecular flexibility index (Phi) is 5.70. The highest BCUT2D eigenvalue weighted by molar-refractivity contribution is 5.49. The highest BCUT2D eigenvalue weighted by atomic mass is 16.5. The third-order valence-corrected chi connectivity index (χ3v) is 7.53. The zero-order chi connectivity index (χ0) is 20.5. The van der Waals surface area contributed by atoms with Gasteiger partial charge in [0, 0.05) is 25.2 Å². The molecule has 0 saturated carbocycles. The Morgan fingerprint density at radius 2 is 1.77 bits per heavy atom. The normalized spacial score (nSPS) is 25.7. The zero-order valence-corrected chi connectivity index (χ0v) is 18.3. The number of methoxy groups -OCH3 is 2. The quantitative estimate of drug-likeness (QED) is 0.782. The van der Waals surface area contributed by atoms with Gasteiger partial charge in [0.25, 0.3) is 0 Å². The van der Waals surface area contributed by atoms with Gasteiger partial charge in [-0.3, -0.25) is 4.90 Å². The van der Waals surface area contributed by atoms with Crippen LogP contribution in [0.1, 0.15) is 60.0 Å². The second kappa shape index (κ2) is 8.60. The number of hydrogen-bond donors (Lipinski definition) is 1. The Morgan fingerprint density at radius 3 is 2.63 bits per heavy atom. The predicted octanol–water partition coefficient (Wildman–Crippen LogP) is 4.68. The molecule has 3 heterocycles. The Morgan fingerprint density at radius 1 is 0.933 bits per heavy atom. The molecule has 1 saturated heterocycles. The Balaban J connectivity index is 1.24. The maximum absolute atomic E-state index is 5.57. The fraction of sp³-hybridized carbons (Fsp3) is 0.538. The van der Waals surface area contributed by atoms with Crippen molar-refractivity contribution in [2.24, 2.45) is 5.92 Å². The van der Waals surface area contributed by atoms with Crippen LogP contribution in [0.15, 0.2) is 36.4 Å². The van der Waals surface area contributed by atoms with Crippen LogP contribution in [0.5, 0.6) is 11.5 Å². The van der Waals surface area contributed by atoms with E-state index in [1.54, 1.807) is 25.3 Å². The van der Waals surface area contributed by atoms with E-state index in [2.05, 4.69) is 46.6 Å². The Bertz CT molecular complexity index is 897. The molecule has 0 radical (unpaired) electrons. The molecule has 0 unspecified atom stereocenters. The summed E-state index contributed by atoms with van der Waals surface area (Å²) in [5.41, 5.74) is 5.97. The molecular formula is C26H34N2O2. The van der Waals surface area contributed by atoms with E-state index in [4.69, 9.17) is 9.47 Å². The second-order valence-electron chi connectivity index (χ2n) is 9.14. The van der Waals surface area contributed by atoms with Gasteiger partial charge in [-0.05, 0) is 85.4 Å². The first-order valence-corrected chi connectivity index (χ1v) is 11.6. The molecule has 4 heteroatoms. The smallest absolute Gasteiger partial charge is 0.161 e. The van der Waals surface area contributed by atoms with Crippen LogP contribution < -0.4 is 14.8 Å². The van der Waals surface area contributed by atoms with E-state index < -0.39 is 0 Å². The minimum absolute atomic E-state index is 0.424. The summed E-state index contributed by atoms with van der Waals surface area (Å²) in [5, 5.41) is 3.76. The van der Waals surface area contributed by atoms with Crippen LogP contribution in [0.25, 0.3) is 0 Å². The van der Waals surface area contributed by atoms with E-state index in [0.717, 1.165) is 30.4 Å². The van der Waals surface area contributed by atoms with Crippen LogP contribution in [0.4, 0.5) is 0 Å². The molecule has 3 aliphatic heterocycles. The molecule has 2 aromatic carbocycles. The van der Waals surface area contributed by atoms with Crippen molar-refractivity contribution >= 4 is 0 Å². The van der Waals surface area contributed by atoms with E-state index in [-0.39, 0.29) is 0 Å². The molecule has 1 fully saturated rings. The number of rotatable bonds is 5. The van der Waals surface area contributed by atoms with Crippen molar-refractivity contribution in [3.8, 4) is 11.5 Å². The summed E-state index contributed by atoms with van der Waals surface area (Å²) >= 11 is 0. The summed E-state index contributed by atoms with van der Waals surface area (Å²) in [5.74, 6) is 2.50. The number of ether oxygens (including phenoxy) is 2. The summed E-state index contributed by atoms with van der Waals surface area (Å²) in [6.07, 6.45) is 7.41. The largest absolute Gasteiger partial charge is 0.493 e. The lowest BCUT2D eigenvalue weighted by Gasteiger charge is -2.44. The predicted molar refractivity (Wildman–Crippen MR) is 120 cm³/mol. The molecule has 160 valence electrons. The lowest BCUT2D eigenvalue weighted by atomic mass is 9.81. The van der Waals surface area contributed by atoms with Crippen LogP contribution >= 0.6 is 0 Å². The van der Waals surface area contributed by atoms with Crippen LogP contribution in [0.3, 0.4) is 0 Å². The molecule has 1 N–H and O–H groups in total. The van der Waals surface area contributed by atoms with Gasteiger partial charge in [0.05, 0.1) is 14.2 Å². The molecule has 4 nitrogen and oxygen atoms in total. The van der Waals surface area contributed by atoms with E-state index in [9.17, 15) is 0 Å². The molecule has 0 bridgehead atoms. The summed E-state index contributed by atoms with van der Waals surface area (Å²) in [6, 6.07) is 14.5. The average molecular weight is 407 g/mol. The van der Waals surface area contributed by atoms with Gasteiger partial charge in [0.2, 0.25) is 0 Å². The summed E-state index contributed by atoms with van der Waals surface area (Å²) in [6.45, 7) is 3.52. The van der Waals surface area contributed by atoms with Crippen LogP contribution in [0.2, 0.25) is 0 Å². The average Bonchev–Trinajstić information content (AvgIpc) is 2.81. The summed E-state index contributed by atoms with van der Waals surface area (Å²) < 4.78 is 11.1. The number of nitrogens with zero attached hydrogens (tertiary/aromatic N) is 1. The molecule has 30 heavy (non-hydrogen) atoms. The minimum Gasteiger partial charge on any atom is -0.493 e. The SMILES string of the molecule is COc1cc2c(cc1OC)[C@H](CC[C@H]1CC[C@H]3c4ccccc4CCN3C1)NCC2. The molecule has 0 aliphatic carbocycles. The van der Waals surface area contributed by atoms with Gasteiger partial charge >= 0.3 is 0 Å². The van der Waals surface area contributed by atoms with Crippen LogP contribution in [0, 0.1) is 5.92 Å². The van der Waals surface area contributed by atoms with E-state index in [0.29, 0.717) is 12.1 Å². The maximum Gasteiger partial charge on any atom is 0.161 e. The molecule has 3 aliphatic rings. The number of fused-ring (bicyclic) bond motifs is 4. The third-order valence-electron chi connectivity index (χ3n) is 7.53. The first-order chi connectivity index (χ1) is 14.8. The van der Waals surface area contributed by atoms with Gasteiger partial charge < -0.3 is 14.8 Å². The van der Waals surface area contributed by atoms with Crippen molar-refractivity contribution < 1.29 is 9.47 Å². The van der Waals surface area contributed by atoms with Crippen molar-refractivity contribution in [1.29, 1.82) is 0 Å². The first kappa shape index (κ1) is 19.9. The third kappa shape index (κ3) is 3.72. The van der Waals surface area contributed by atoms with Crippen molar-refractivity contribution in [2.75, 3.05) is 33.9 Å². The van der Waals surface area contributed by atoms with Gasteiger partial charge in [-0.2, -0.15) is 0 Å². The standard InChI is InChI=1S/C26H34N2O2/c1-29-25-15-20-11-13-27-23(22(20)16-26(25)30-2)9-7-18-8-10-24-21-6-4-3-5-19(21)12-14-28(24)17-18/h3-6,15-16,18,23-24,27H,7-14,17H2,1-2H3/t18-,23-,24-/m0/s1. The minimum atomic E-state index is 0.424. The Hall–Kier alpha value is -2.04. The first-order valence-electron chi connectivity index (χ1n) is 11.6. The van der Waals surface area contributed by atoms with E-state index in [1.807, 2.05) is 0 Å². The number of benzene rings is 2. The highest BCUT2D eigenvalue weighted by Gasteiger charge is 2.33. The lowest BCUT2D eigenvalue weighted by molar-refractivity contribution is 0.0926. The molecule has 0 aromatic heterocycles. The number of piperidine rings is 1. The Labute approximate surface area is 180 Å². The van der Waals surface area contributed by atoms with Crippen molar-refractivity contribution in [2.45, 2.75) is 50.6 Å². The van der Waals surface area contributed by atoms with Crippen LogP contribution in [-0.2, 0) is 12.8 Å². The summed E-state index contributed by atoms with van der Waals surface area (Å²) in [7, 11) is 3.45. The molecule has 2 aromatic rings.